The summed E-state index contributed by atoms with van der Waals surface area (Å²) < 4.78 is 0. The van der Waals surface area contributed by atoms with E-state index in [1.165, 1.54) is 6.21 Å². The molecular weight excluding hydrogens is 584 g/mol. The first-order valence-electron chi connectivity index (χ1n) is 14.4. The highest BCUT2D eigenvalue weighted by Crippen LogP contribution is 2.26. The number of rotatable bonds is 11. The lowest BCUT2D eigenvalue weighted by Gasteiger charge is -2.21. The number of nitrogens with one attached hydrogen (secondary N) is 2. The Morgan fingerprint density at radius 1 is 0.630 bits per heavy atom. The molecule has 0 saturated carbocycles. The van der Waals surface area contributed by atoms with Crippen LogP contribution in [0.5, 0.6) is 0 Å². The van der Waals surface area contributed by atoms with E-state index in [9.17, 15) is 20.4 Å². The summed E-state index contributed by atoms with van der Waals surface area (Å²) in [5.74, 6) is 1.67. The van der Waals surface area contributed by atoms with Crippen molar-refractivity contribution >= 4 is 45.4 Å². The first-order valence-corrected chi connectivity index (χ1v) is 14.4. The van der Waals surface area contributed by atoms with Crippen molar-refractivity contribution in [1.29, 1.82) is 0 Å². The molecule has 6 rings (SSSR count). The fourth-order valence-electron chi connectivity index (χ4n) is 4.70. The van der Waals surface area contributed by atoms with Gasteiger partial charge in [0, 0.05) is 21.9 Å². The van der Waals surface area contributed by atoms with Gasteiger partial charge in [-0.3, -0.25) is 10.9 Å². The predicted octanol–water partition coefficient (Wildman–Crippen LogP) is 3.85. The Labute approximate surface area is 263 Å². The summed E-state index contributed by atoms with van der Waals surface area (Å²) in [6.45, 7) is -0.777. The molecule has 0 aliphatic heterocycles. The molecule has 3 atom stereocenters. The van der Waals surface area contributed by atoms with Gasteiger partial charge in [0.2, 0.25) is 0 Å². The lowest BCUT2D eigenvalue weighted by Crippen LogP contribution is -2.44. The van der Waals surface area contributed by atoms with Crippen molar-refractivity contribution in [3.05, 3.63) is 109 Å². The Balaban J connectivity index is 1.36. The minimum Gasteiger partial charge on any atom is -0.394 e. The quantitative estimate of drug-likeness (QED) is 0.0927. The zero-order valence-electron chi connectivity index (χ0n) is 24.4. The topological polar surface area (TPSA) is 181 Å². The molecule has 0 unspecified atom stereocenters. The number of hydrazone groups is 2. The summed E-state index contributed by atoms with van der Waals surface area (Å²) in [6, 6.07) is 33.7. The molecule has 12 heteroatoms. The Kier molecular flexibility index (Phi) is 9.22. The molecule has 6 aromatic rings. The van der Waals surface area contributed by atoms with E-state index in [1.54, 1.807) is 0 Å². The van der Waals surface area contributed by atoms with Crippen LogP contribution in [0.1, 0.15) is 0 Å². The fourth-order valence-corrected chi connectivity index (χ4v) is 4.70. The van der Waals surface area contributed by atoms with Crippen molar-refractivity contribution in [1.82, 2.24) is 19.9 Å². The summed E-state index contributed by atoms with van der Waals surface area (Å²) in [7, 11) is 0. The highest BCUT2D eigenvalue weighted by Gasteiger charge is 2.28. The van der Waals surface area contributed by atoms with Gasteiger partial charge in [-0.25, -0.2) is 19.9 Å². The summed E-state index contributed by atoms with van der Waals surface area (Å²) >= 11 is 0. The van der Waals surface area contributed by atoms with Gasteiger partial charge in [0.05, 0.1) is 23.9 Å². The van der Waals surface area contributed by atoms with Crippen LogP contribution in [0.25, 0.3) is 44.6 Å². The zero-order chi connectivity index (χ0) is 31.9. The standard InChI is InChI=1S/C34H30N8O4/c43-20-28(44)30(46)29(45)27(40-42-34-24-16-8-10-18-26(24)37-32(39-34)22-13-5-2-6-14-22)19-35-41-33-23-15-7-9-17-25(23)36-31(38-33)21-11-3-1-4-12-21/h1-19,28-30,43-46H,20H2,(H,36,38,41)(H,37,39,42)/b35-19+,40-27-/t28-,29-,30+/m1/s1. The van der Waals surface area contributed by atoms with Crippen molar-refractivity contribution in [3.8, 4) is 22.8 Å². The first kappa shape index (κ1) is 30.4. The molecule has 0 fully saturated rings. The average Bonchev–Trinajstić information content (AvgIpc) is 3.12. The number of benzene rings is 4. The van der Waals surface area contributed by atoms with E-state index in [4.69, 9.17) is 0 Å². The number of hydrogen-bond donors (Lipinski definition) is 6. The van der Waals surface area contributed by atoms with Crippen LogP contribution in [0.15, 0.2) is 119 Å². The van der Waals surface area contributed by atoms with Gasteiger partial charge in [0.15, 0.2) is 23.3 Å². The van der Waals surface area contributed by atoms with Crippen LogP contribution in [-0.4, -0.2) is 77.2 Å². The van der Waals surface area contributed by atoms with Crippen LogP contribution < -0.4 is 10.9 Å². The molecular formula is C34H30N8O4. The first-order chi connectivity index (χ1) is 22.5. The zero-order valence-corrected chi connectivity index (χ0v) is 24.4. The second kappa shape index (κ2) is 14.0. The van der Waals surface area contributed by atoms with Crippen LogP contribution in [-0.2, 0) is 0 Å². The van der Waals surface area contributed by atoms with E-state index in [0.29, 0.717) is 45.1 Å². The van der Waals surface area contributed by atoms with Gasteiger partial charge in [-0.1, -0.05) is 84.9 Å². The molecule has 0 radical (unpaired) electrons. The number of fused-ring (bicyclic) bond motifs is 2. The molecule has 0 aliphatic carbocycles. The molecule has 6 N–H and O–H groups in total. The molecule has 0 amide bonds. The van der Waals surface area contributed by atoms with Gasteiger partial charge in [-0.15, -0.1) is 0 Å². The van der Waals surface area contributed by atoms with Crippen molar-refractivity contribution in [3.63, 3.8) is 0 Å². The lowest BCUT2D eigenvalue weighted by molar-refractivity contribution is -0.0548. The van der Waals surface area contributed by atoms with Gasteiger partial charge in [0.1, 0.15) is 24.0 Å². The third-order valence-electron chi connectivity index (χ3n) is 7.14. The number of anilines is 2. The van der Waals surface area contributed by atoms with E-state index in [2.05, 4.69) is 41.0 Å². The summed E-state index contributed by atoms with van der Waals surface area (Å²) in [6.07, 6.45) is -3.97. The second-order valence-electron chi connectivity index (χ2n) is 10.3. The summed E-state index contributed by atoms with van der Waals surface area (Å²) in [5.41, 5.74) is 8.57. The van der Waals surface area contributed by atoms with E-state index >= 15 is 0 Å². The number of para-hydroxylation sites is 2. The summed E-state index contributed by atoms with van der Waals surface area (Å²) in [5, 5.41) is 51.0. The van der Waals surface area contributed by atoms with E-state index in [-0.39, 0.29) is 5.71 Å². The Morgan fingerprint density at radius 3 is 1.63 bits per heavy atom. The number of hydrogen-bond acceptors (Lipinski definition) is 12. The molecule has 230 valence electrons. The number of aliphatic hydroxyl groups excluding tert-OH is 4. The lowest BCUT2D eigenvalue weighted by atomic mass is 10.0. The third-order valence-corrected chi connectivity index (χ3v) is 7.14. The van der Waals surface area contributed by atoms with Gasteiger partial charge in [-0.05, 0) is 24.3 Å². The number of aliphatic hydroxyl groups is 4. The molecule has 4 aromatic carbocycles. The van der Waals surface area contributed by atoms with E-state index in [0.717, 1.165) is 11.1 Å². The normalized spacial score (nSPS) is 14.0. The Morgan fingerprint density at radius 2 is 1.11 bits per heavy atom. The van der Waals surface area contributed by atoms with Crippen molar-refractivity contribution in [2.24, 2.45) is 10.2 Å². The van der Waals surface area contributed by atoms with Crippen molar-refractivity contribution in [2.45, 2.75) is 18.3 Å². The molecule has 0 spiro atoms. The van der Waals surface area contributed by atoms with Gasteiger partial charge >= 0.3 is 0 Å². The van der Waals surface area contributed by atoms with Crippen LogP contribution in [0.4, 0.5) is 11.6 Å². The third kappa shape index (κ3) is 6.70. The SMILES string of the molecule is OC[C@@H](O)[C@H](O)[C@H](O)C(/C=N/Nc1nc(-c2ccccc2)nc2ccccc12)=N\Nc1nc(-c2ccccc2)nc2ccccc12. The number of nitrogens with zero attached hydrogens (tertiary/aromatic N) is 6. The van der Waals surface area contributed by atoms with Gasteiger partial charge in [0.25, 0.3) is 0 Å². The molecule has 0 bridgehead atoms. The van der Waals surface area contributed by atoms with E-state index < -0.39 is 24.9 Å². The molecule has 12 nitrogen and oxygen atoms in total. The van der Waals surface area contributed by atoms with E-state index in [1.807, 2.05) is 109 Å². The monoisotopic (exact) mass is 614 g/mol. The molecule has 2 heterocycles. The van der Waals surface area contributed by atoms with Gasteiger partial charge < -0.3 is 20.4 Å². The smallest absolute Gasteiger partial charge is 0.162 e. The maximum absolute atomic E-state index is 11.0. The van der Waals surface area contributed by atoms with Gasteiger partial charge in [-0.2, -0.15) is 10.2 Å². The maximum Gasteiger partial charge on any atom is 0.162 e. The maximum atomic E-state index is 11.0. The van der Waals surface area contributed by atoms with Crippen molar-refractivity contribution < 1.29 is 20.4 Å². The Hall–Kier alpha value is -5.66. The molecule has 2 aromatic heterocycles. The van der Waals surface area contributed by atoms with Crippen LogP contribution >= 0.6 is 0 Å². The number of aromatic nitrogens is 4. The minimum atomic E-state index is -1.77. The molecule has 0 saturated heterocycles. The van der Waals surface area contributed by atoms with Crippen LogP contribution in [0.2, 0.25) is 0 Å². The molecule has 0 aliphatic rings. The highest BCUT2D eigenvalue weighted by molar-refractivity contribution is 6.33. The van der Waals surface area contributed by atoms with Crippen LogP contribution in [0.3, 0.4) is 0 Å². The van der Waals surface area contributed by atoms with Crippen LogP contribution in [0, 0.1) is 0 Å². The minimum absolute atomic E-state index is 0.168. The largest absolute Gasteiger partial charge is 0.394 e. The predicted molar refractivity (Wildman–Crippen MR) is 178 cm³/mol. The average molecular weight is 615 g/mol. The Bertz CT molecular complexity index is 2010. The molecule has 46 heavy (non-hydrogen) atoms. The summed E-state index contributed by atoms with van der Waals surface area (Å²) in [4.78, 5) is 18.7. The second-order valence-corrected chi connectivity index (χ2v) is 10.3. The van der Waals surface area contributed by atoms with Crippen molar-refractivity contribution in [2.75, 3.05) is 17.5 Å². The highest BCUT2D eigenvalue weighted by atomic mass is 16.4. The fraction of sp³-hybridized carbons (Fsp3) is 0.118.